The minimum absolute atomic E-state index is 0.794. The van der Waals surface area contributed by atoms with E-state index in [1.165, 1.54) is 31.5 Å². The Morgan fingerprint density at radius 2 is 2.00 bits per heavy atom. The lowest BCUT2D eigenvalue weighted by atomic mass is 9.96. The van der Waals surface area contributed by atoms with Gasteiger partial charge in [0.1, 0.15) is 11.6 Å². The van der Waals surface area contributed by atoms with Crippen LogP contribution in [0, 0.1) is 5.92 Å². The first kappa shape index (κ1) is 18.9. The number of nitrogens with zero attached hydrogens (tertiary/aromatic N) is 4. The summed E-state index contributed by atoms with van der Waals surface area (Å²) in [5.41, 5.74) is 1.31. The Morgan fingerprint density at radius 3 is 2.69 bits per heavy atom. The number of piperidine rings is 1. The molecule has 1 saturated heterocycles. The number of hydrogen-bond donors (Lipinski definition) is 0. The van der Waals surface area contributed by atoms with Crippen LogP contribution in [0.4, 0.5) is 0 Å². The number of methoxy groups -OCH3 is 1. The molecule has 1 aliphatic rings. The minimum Gasteiger partial charge on any atom is -0.496 e. The van der Waals surface area contributed by atoms with Crippen molar-refractivity contribution in [1.82, 2.24) is 19.4 Å². The van der Waals surface area contributed by atoms with E-state index in [-0.39, 0.29) is 0 Å². The summed E-state index contributed by atoms with van der Waals surface area (Å²) in [6, 6.07) is 8.37. The van der Waals surface area contributed by atoms with Gasteiger partial charge in [0.15, 0.2) is 0 Å². The quantitative estimate of drug-likeness (QED) is 0.728. The third-order valence-electron chi connectivity index (χ3n) is 5.50. The predicted molar refractivity (Wildman–Crippen MR) is 105 cm³/mol. The standard InChI is InChI=1S/C21H32N4O/c1-23(17-21-22-11-15-24(21)2)16-18-8-12-25(13-9-18)14-10-19-6-4-5-7-20(19)26-3/h4-7,11,15,18H,8-10,12-14,16-17H2,1-3H3. The van der Waals surface area contributed by atoms with Crippen LogP contribution >= 0.6 is 0 Å². The molecule has 1 aliphatic heterocycles. The van der Waals surface area contributed by atoms with Gasteiger partial charge in [0.2, 0.25) is 0 Å². The van der Waals surface area contributed by atoms with Gasteiger partial charge in [-0.15, -0.1) is 0 Å². The Hall–Kier alpha value is -1.85. The number of aryl methyl sites for hydroxylation is 1. The molecular formula is C21H32N4O. The van der Waals surface area contributed by atoms with Crippen molar-refractivity contribution in [3.63, 3.8) is 0 Å². The second-order valence-electron chi connectivity index (χ2n) is 7.50. The average molecular weight is 357 g/mol. The van der Waals surface area contributed by atoms with E-state index in [0.29, 0.717) is 0 Å². The van der Waals surface area contributed by atoms with Gasteiger partial charge >= 0.3 is 0 Å². The fourth-order valence-electron chi connectivity index (χ4n) is 3.88. The zero-order valence-electron chi connectivity index (χ0n) is 16.4. The lowest BCUT2D eigenvalue weighted by Crippen LogP contribution is -2.38. The highest BCUT2D eigenvalue weighted by atomic mass is 16.5. The monoisotopic (exact) mass is 356 g/mol. The van der Waals surface area contributed by atoms with Crippen LogP contribution in [-0.4, -0.2) is 59.7 Å². The SMILES string of the molecule is COc1ccccc1CCN1CCC(CN(C)Cc2nccn2C)CC1. The summed E-state index contributed by atoms with van der Waals surface area (Å²) in [4.78, 5) is 9.44. The summed E-state index contributed by atoms with van der Waals surface area (Å²) in [5.74, 6) is 2.95. The maximum Gasteiger partial charge on any atom is 0.122 e. The number of rotatable bonds is 8. The number of ether oxygens (including phenoxy) is 1. The van der Waals surface area contributed by atoms with E-state index in [1.807, 2.05) is 18.5 Å². The Bertz CT molecular complexity index is 676. The summed E-state index contributed by atoms with van der Waals surface area (Å²) in [7, 11) is 6.03. The lowest BCUT2D eigenvalue weighted by Gasteiger charge is -2.34. The van der Waals surface area contributed by atoms with Crippen LogP contribution in [0.2, 0.25) is 0 Å². The average Bonchev–Trinajstić information content (AvgIpc) is 3.06. The minimum atomic E-state index is 0.794. The number of aromatic nitrogens is 2. The molecule has 142 valence electrons. The van der Waals surface area contributed by atoms with Crippen molar-refractivity contribution in [1.29, 1.82) is 0 Å². The summed E-state index contributed by atoms with van der Waals surface area (Å²) in [6.07, 6.45) is 7.54. The first-order chi connectivity index (χ1) is 12.7. The number of imidazole rings is 1. The van der Waals surface area contributed by atoms with E-state index in [9.17, 15) is 0 Å². The van der Waals surface area contributed by atoms with Crippen molar-refractivity contribution >= 4 is 0 Å². The second kappa shape index (κ2) is 9.19. The zero-order chi connectivity index (χ0) is 18.4. The maximum absolute atomic E-state index is 5.47. The van der Waals surface area contributed by atoms with Crippen molar-refractivity contribution in [2.45, 2.75) is 25.8 Å². The van der Waals surface area contributed by atoms with Crippen molar-refractivity contribution in [3.05, 3.63) is 48.0 Å². The molecule has 1 fully saturated rings. The molecule has 0 aliphatic carbocycles. The molecule has 2 aromatic rings. The van der Waals surface area contributed by atoms with E-state index in [1.54, 1.807) is 7.11 Å². The van der Waals surface area contributed by atoms with Gasteiger partial charge in [-0.1, -0.05) is 18.2 Å². The van der Waals surface area contributed by atoms with Gasteiger partial charge in [0.25, 0.3) is 0 Å². The fraction of sp³-hybridized carbons (Fsp3) is 0.571. The van der Waals surface area contributed by atoms with Crippen LogP contribution in [0.25, 0.3) is 0 Å². The molecule has 0 unspecified atom stereocenters. The highest BCUT2D eigenvalue weighted by Gasteiger charge is 2.21. The molecule has 0 spiro atoms. The summed E-state index contributed by atoms with van der Waals surface area (Å²) in [6.45, 7) is 5.62. The largest absolute Gasteiger partial charge is 0.496 e. The van der Waals surface area contributed by atoms with Crippen molar-refractivity contribution < 1.29 is 4.74 Å². The Morgan fingerprint density at radius 1 is 1.23 bits per heavy atom. The van der Waals surface area contributed by atoms with Crippen LogP contribution in [0.5, 0.6) is 5.75 Å². The number of hydrogen-bond acceptors (Lipinski definition) is 4. The van der Waals surface area contributed by atoms with E-state index >= 15 is 0 Å². The fourth-order valence-corrected chi connectivity index (χ4v) is 3.88. The third-order valence-corrected chi connectivity index (χ3v) is 5.50. The van der Waals surface area contributed by atoms with Gasteiger partial charge in [-0.3, -0.25) is 4.90 Å². The van der Waals surface area contributed by atoms with Crippen LogP contribution in [0.1, 0.15) is 24.2 Å². The molecule has 2 heterocycles. The van der Waals surface area contributed by atoms with Gasteiger partial charge < -0.3 is 14.2 Å². The number of benzene rings is 1. The molecule has 0 amide bonds. The molecule has 26 heavy (non-hydrogen) atoms. The first-order valence-corrected chi connectivity index (χ1v) is 9.64. The Labute approximate surface area is 157 Å². The van der Waals surface area contributed by atoms with E-state index in [2.05, 4.69) is 51.6 Å². The van der Waals surface area contributed by atoms with Crippen molar-refractivity contribution in [2.24, 2.45) is 13.0 Å². The van der Waals surface area contributed by atoms with Crippen LogP contribution < -0.4 is 4.74 Å². The molecule has 0 N–H and O–H groups in total. The Kier molecular flexibility index (Phi) is 6.69. The van der Waals surface area contributed by atoms with Crippen LogP contribution in [0.3, 0.4) is 0 Å². The molecule has 0 saturated carbocycles. The van der Waals surface area contributed by atoms with E-state index in [0.717, 1.165) is 43.5 Å². The molecule has 0 radical (unpaired) electrons. The molecule has 5 nitrogen and oxygen atoms in total. The van der Waals surface area contributed by atoms with Gasteiger partial charge in [-0.25, -0.2) is 4.98 Å². The Balaban J connectivity index is 1.39. The van der Waals surface area contributed by atoms with Gasteiger partial charge in [0.05, 0.1) is 13.7 Å². The topological polar surface area (TPSA) is 33.5 Å². The predicted octanol–water partition coefficient (Wildman–Crippen LogP) is 2.82. The number of likely N-dealkylation sites (tertiary alicyclic amines) is 1. The lowest BCUT2D eigenvalue weighted by molar-refractivity contribution is 0.151. The normalized spacial score (nSPS) is 16.3. The van der Waals surface area contributed by atoms with Gasteiger partial charge in [-0.05, 0) is 56.9 Å². The van der Waals surface area contributed by atoms with Crippen molar-refractivity contribution in [2.75, 3.05) is 40.3 Å². The molecule has 3 rings (SSSR count). The highest BCUT2D eigenvalue weighted by Crippen LogP contribution is 2.21. The van der Waals surface area contributed by atoms with E-state index < -0.39 is 0 Å². The third kappa shape index (κ3) is 5.08. The summed E-state index contributed by atoms with van der Waals surface area (Å²) in [5, 5.41) is 0. The highest BCUT2D eigenvalue weighted by molar-refractivity contribution is 5.33. The van der Waals surface area contributed by atoms with Gasteiger partial charge in [-0.2, -0.15) is 0 Å². The van der Waals surface area contributed by atoms with E-state index in [4.69, 9.17) is 4.74 Å². The summed E-state index contributed by atoms with van der Waals surface area (Å²) >= 11 is 0. The summed E-state index contributed by atoms with van der Waals surface area (Å²) < 4.78 is 7.57. The zero-order valence-corrected chi connectivity index (χ0v) is 16.4. The molecular weight excluding hydrogens is 324 g/mol. The number of para-hydroxylation sites is 1. The second-order valence-corrected chi connectivity index (χ2v) is 7.50. The van der Waals surface area contributed by atoms with Crippen LogP contribution in [-0.2, 0) is 20.0 Å². The smallest absolute Gasteiger partial charge is 0.122 e. The first-order valence-electron chi connectivity index (χ1n) is 9.64. The molecule has 0 atom stereocenters. The van der Waals surface area contributed by atoms with Gasteiger partial charge in [0, 0.05) is 32.5 Å². The molecule has 5 heteroatoms. The van der Waals surface area contributed by atoms with Crippen LogP contribution in [0.15, 0.2) is 36.7 Å². The molecule has 0 bridgehead atoms. The van der Waals surface area contributed by atoms with Crippen molar-refractivity contribution in [3.8, 4) is 5.75 Å². The maximum atomic E-state index is 5.47. The molecule has 1 aromatic carbocycles. The molecule has 1 aromatic heterocycles.